The number of carbonyl (C=O) groups is 2. The Hall–Kier alpha value is -2.89. The number of carbonyl (C=O) groups excluding carboxylic acids is 2. The van der Waals surface area contributed by atoms with Crippen LogP contribution in [0.4, 0.5) is 4.39 Å². The maximum Gasteiger partial charge on any atom is 0.264 e. The molecule has 1 fully saturated rings. The third-order valence-electron chi connectivity index (χ3n) is 4.87. The van der Waals surface area contributed by atoms with E-state index in [2.05, 4.69) is 0 Å². The number of halogens is 1. The summed E-state index contributed by atoms with van der Waals surface area (Å²) in [6, 6.07) is 13.4. The molecule has 2 aliphatic rings. The molecular formula is C20H19FN2O3. The topological polar surface area (TPSA) is 49.9 Å². The van der Waals surface area contributed by atoms with Crippen LogP contribution in [0.3, 0.4) is 0 Å². The van der Waals surface area contributed by atoms with Crippen LogP contribution in [-0.4, -0.2) is 53.9 Å². The van der Waals surface area contributed by atoms with E-state index >= 15 is 0 Å². The Kier molecular flexibility index (Phi) is 4.32. The normalized spacial score (nSPS) is 19.0. The van der Waals surface area contributed by atoms with Crippen molar-refractivity contribution in [3.63, 3.8) is 0 Å². The summed E-state index contributed by atoms with van der Waals surface area (Å²) in [5, 5.41) is 0. The van der Waals surface area contributed by atoms with Gasteiger partial charge < -0.3 is 14.5 Å². The van der Waals surface area contributed by atoms with Crippen LogP contribution < -0.4 is 4.74 Å². The number of nitrogens with zero attached hydrogens (tertiary/aromatic N) is 2. The number of piperazine rings is 1. The first-order valence-electron chi connectivity index (χ1n) is 8.70. The van der Waals surface area contributed by atoms with Crippen molar-refractivity contribution in [3.05, 3.63) is 65.5 Å². The van der Waals surface area contributed by atoms with E-state index in [4.69, 9.17) is 4.74 Å². The summed E-state index contributed by atoms with van der Waals surface area (Å²) in [4.78, 5) is 28.6. The summed E-state index contributed by atoms with van der Waals surface area (Å²) in [5.41, 5.74) is 1.38. The molecule has 5 nitrogen and oxygen atoms in total. The molecule has 0 bridgehead atoms. The molecule has 0 saturated carbocycles. The molecule has 134 valence electrons. The molecule has 2 heterocycles. The average molecular weight is 354 g/mol. The van der Waals surface area contributed by atoms with Crippen molar-refractivity contribution in [1.29, 1.82) is 0 Å². The van der Waals surface area contributed by atoms with Crippen molar-refractivity contribution in [2.45, 2.75) is 12.5 Å². The van der Waals surface area contributed by atoms with Crippen molar-refractivity contribution in [2.75, 3.05) is 26.2 Å². The summed E-state index contributed by atoms with van der Waals surface area (Å²) in [7, 11) is 0. The van der Waals surface area contributed by atoms with Gasteiger partial charge in [-0.3, -0.25) is 9.59 Å². The highest BCUT2D eigenvalue weighted by atomic mass is 19.1. The van der Waals surface area contributed by atoms with Gasteiger partial charge in [0, 0.05) is 38.2 Å². The number of ether oxygens (including phenoxy) is 1. The monoisotopic (exact) mass is 354 g/mol. The minimum atomic E-state index is -0.488. The summed E-state index contributed by atoms with van der Waals surface area (Å²) < 4.78 is 19.1. The molecule has 1 atom stereocenters. The van der Waals surface area contributed by atoms with E-state index in [-0.39, 0.29) is 11.8 Å². The number of fused-ring (bicyclic) bond motifs is 1. The Bertz CT molecular complexity index is 821. The Balaban J connectivity index is 1.35. The number of amides is 2. The summed E-state index contributed by atoms with van der Waals surface area (Å²) >= 11 is 0. The van der Waals surface area contributed by atoms with E-state index in [1.165, 1.54) is 18.2 Å². The highest BCUT2D eigenvalue weighted by Crippen LogP contribution is 2.29. The zero-order valence-electron chi connectivity index (χ0n) is 14.2. The quantitative estimate of drug-likeness (QED) is 0.830. The largest absolute Gasteiger partial charge is 0.480 e. The zero-order chi connectivity index (χ0) is 18.1. The Morgan fingerprint density at radius 2 is 1.69 bits per heavy atom. The van der Waals surface area contributed by atoms with Crippen LogP contribution in [0, 0.1) is 5.82 Å². The molecule has 1 saturated heterocycles. The van der Waals surface area contributed by atoms with Crippen LogP contribution in [0.2, 0.25) is 0 Å². The predicted octanol–water partition coefficient (Wildman–Crippen LogP) is 2.11. The second-order valence-corrected chi connectivity index (χ2v) is 6.55. The lowest BCUT2D eigenvalue weighted by Crippen LogP contribution is -2.53. The third kappa shape index (κ3) is 3.14. The molecule has 4 rings (SSSR count). The van der Waals surface area contributed by atoms with Crippen LogP contribution in [0.5, 0.6) is 5.75 Å². The lowest BCUT2D eigenvalue weighted by Gasteiger charge is -2.35. The molecule has 26 heavy (non-hydrogen) atoms. The van der Waals surface area contributed by atoms with Gasteiger partial charge in [-0.25, -0.2) is 4.39 Å². The Labute approximate surface area is 151 Å². The fourth-order valence-electron chi connectivity index (χ4n) is 3.46. The minimum Gasteiger partial charge on any atom is -0.480 e. The van der Waals surface area contributed by atoms with E-state index in [9.17, 15) is 14.0 Å². The van der Waals surface area contributed by atoms with Crippen LogP contribution in [0.15, 0.2) is 48.5 Å². The molecule has 0 N–H and O–H groups in total. The number of hydrogen-bond donors (Lipinski definition) is 0. The zero-order valence-corrected chi connectivity index (χ0v) is 14.2. The van der Waals surface area contributed by atoms with Crippen molar-refractivity contribution in [2.24, 2.45) is 0 Å². The van der Waals surface area contributed by atoms with Crippen molar-refractivity contribution >= 4 is 11.8 Å². The molecule has 0 spiro atoms. The molecule has 0 aliphatic carbocycles. The van der Waals surface area contributed by atoms with Crippen LogP contribution in [0.25, 0.3) is 0 Å². The molecule has 6 heteroatoms. The summed E-state index contributed by atoms with van der Waals surface area (Å²) in [6.45, 7) is 1.77. The minimum absolute atomic E-state index is 0.0425. The molecule has 0 radical (unpaired) electrons. The first-order valence-corrected chi connectivity index (χ1v) is 8.70. The first kappa shape index (κ1) is 16.6. The number of benzene rings is 2. The highest BCUT2D eigenvalue weighted by molar-refractivity contribution is 5.94. The van der Waals surface area contributed by atoms with E-state index in [1.54, 1.807) is 15.9 Å². The number of para-hydroxylation sites is 1. The fourth-order valence-corrected chi connectivity index (χ4v) is 3.46. The van der Waals surface area contributed by atoms with Gasteiger partial charge in [-0.05, 0) is 29.8 Å². The molecule has 1 unspecified atom stereocenters. The SMILES string of the molecule is O=C(c1cccc(F)c1)N1CCN(C(=O)C2Cc3ccccc3O2)CC1. The standard InChI is InChI=1S/C20H19FN2O3/c21-16-6-3-5-15(12-16)19(24)22-8-10-23(11-9-22)20(25)18-13-14-4-1-2-7-17(14)26-18/h1-7,12,18H,8-11,13H2. The summed E-state index contributed by atoms with van der Waals surface area (Å²) in [6.07, 6.45) is 0.0927. The van der Waals surface area contributed by atoms with Crippen LogP contribution in [-0.2, 0) is 11.2 Å². The van der Waals surface area contributed by atoms with Gasteiger partial charge in [0.2, 0.25) is 0 Å². The van der Waals surface area contributed by atoms with Gasteiger partial charge in [0.05, 0.1) is 0 Å². The van der Waals surface area contributed by atoms with Crippen molar-refractivity contribution in [1.82, 2.24) is 9.80 Å². The molecule has 0 aromatic heterocycles. The van der Waals surface area contributed by atoms with E-state index in [0.29, 0.717) is 38.2 Å². The molecule has 2 aromatic rings. The van der Waals surface area contributed by atoms with Gasteiger partial charge in [-0.15, -0.1) is 0 Å². The van der Waals surface area contributed by atoms with Crippen molar-refractivity contribution < 1.29 is 18.7 Å². The van der Waals surface area contributed by atoms with Gasteiger partial charge in [0.1, 0.15) is 11.6 Å². The van der Waals surface area contributed by atoms with Gasteiger partial charge in [0.15, 0.2) is 6.10 Å². The second-order valence-electron chi connectivity index (χ2n) is 6.55. The van der Waals surface area contributed by atoms with Gasteiger partial charge >= 0.3 is 0 Å². The second kappa shape index (κ2) is 6.78. The van der Waals surface area contributed by atoms with Gasteiger partial charge in [-0.1, -0.05) is 24.3 Å². The van der Waals surface area contributed by atoms with Crippen LogP contribution in [0.1, 0.15) is 15.9 Å². The highest BCUT2D eigenvalue weighted by Gasteiger charge is 2.34. The average Bonchev–Trinajstić information content (AvgIpc) is 3.11. The summed E-state index contributed by atoms with van der Waals surface area (Å²) in [5.74, 6) is 0.0913. The van der Waals surface area contributed by atoms with Gasteiger partial charge in [-0.2, -0.15) is 0 Å². The third-order valence-corrected chi connectivity index (χ3v) is 4.87. The van der Waals surface area contributed by atoms with Crippen LogP contribution >= 0.6 is 0 Å². The maximum atomic E-state index is 13.3. The number of rotatable bonds is 2. The Morgan fingerprint density at radius 1 is 0.962 bits per heavy atom. The lowest BCUT2D eigenvalue weighted by atomic mass is 10.1. The molecule has 2 aliphatic heterocycles. The first-order chi connectivity index (χ1) is 12.6. The molecular weight excluding hydrogens is 335 g/mol. The smallest absolute Gasteiger partial charge is 0.264 e. The molecule has 2 amide bonds. The van der Waals surface area contributed by atoms with E-state index < -0.39 is 11.9 Å². The number of hydrogen-bond acceptors (Lipinski definition) is 3. The van der Waals surface area contributed by atoms with Crippen molar-refractivity contribution in [3.8, 4) is 5.75 Å². The van der Waals surface area contributed by atoms with Gasteiger partial charge in [0.25, 0.3) is 11.8 Å². The van der Waals surface area contributed by atoms with E-state index in [1.807, 2.05) is 24.3 Å². The lowest BCUT2D eigenvalue weighted by molar-refractivity contribution is -0.139. The van der Waals surface area contributed by atoms with E-state index in [0.717, 1.165) is 11.3 Å². The maximum absolute atomic E-state index is 13.3. The Morgan fingerprint density at radius 3 is 2.42 bits per heavy atom. The molecule has 2 aromatic carbocycles. The fraction of sp³-hybridized carbons (Fsp3) is 0.300. The predicted molar refractivity (Wildman–Crippen MR) is 93.4 cm³/mol.